The molecule has 1 aromatic rings. The van der Waals surface area contributed by atoms with Gasteiger partial charge in [-0.3, -0.25) is 9.52 Å². The quantitative estimate of drug-likeness (QED) is 0.840. The third kappa shape index (κ3) is 3.09. The Balaban J connectivity index is 2.29. The van der Waals surface area contributed by atoms with E-state index in [2.05, 4.69) is 4.72 Å². The average Bonchev–Trinajstić information content (AvgIpc) is 2.85. The van der Waals surface area contributed by atoms with E-state index in [0.29, 0.717) is 17.0 Å². The van der Waals surface area contributed by atoms with Gasteiger partial charge < -0.3 is 5.73 Å². The summed E-state index contributed by atoms with van der Waals surface area (Å²) in [6.07, 6.45) is 4.12. The van der Waals surface area contributed by atoms with Crippen LogP contribution in [0.5, 0.6) is 0 Å². The fourth-order valence-electron chi connectivity index (χ4n) is 2.26. The van der Waals surface area contributed by atoms with Crippen molar-refractivity contribution < 1.29 is 13.2 Å². The summed E-state index contributed by atoms with van der Waals surface area (Å²) < 4.78 is 26.3. The number of amides is 1. The second-order valence-corrected chi connectivity index (χ2v) is 7.65. The summed E-state index contributed by atoms with van der Waals surface area (Å²) >= 11 is 1.35. The Morgan fingerprint density at radius 1 is 1.42 bits per heavy atom. The Morgan fingerprint density at radius 3 is 2.79 bits per heavy atom. The van der Waals surface area contributed by atoms with Crippen molar-refractivity contribution in [1.82, 2.24) is 0 Å². The second kappa shape index (κ2) is 5.50. The number of carbonyl (C=O) groups is 1. The van der Waals surface area contributed by atoms with Gasteiger partial charge in [0.15, 0.2) is 0 Å². The van der Waals surface area contributed by atoms with Gasteiger partial charge in [0, 0.05) is 4.88 Å². The Hall–Kier alpha value is -1.08. The summed E-state index contributed by atoms with van der Waals surface area (Å²) in [5, 5.41) is 0.397. The molecule has 1 aliphatic carbocycles. The molecule has 2 rings (SSSR count). The molecule has 0 saturated heterocycles. The molecule has 1 heterocycles. The van der Waals surface area contributed by atoms with Crippen LogP contribution in [0.4, 0.5) is 5.00 Å². The van der Waals surface area contributed by atoms with Crippen molar-refractivity contribution in [1.29, 1.82) is 0 Å². The first-order valence-electron chi connectivity index (χ1n) is 6.39. The number of rotatable bonds is 6. The highest BCUT2D eigenvalue weighted by atomic mass is 32.2. The first-order chi connectivity index (χ1) is 8.94. The monoisotopic (exact) mass is 302 g/mol. The first kappa shape index (κ1) is 14.3. The van der Waals surface area contributed by atoms with E-state index in [1.165, 1.54) is 11.3 Å². The number of hydrogen-bond acceptors (Lipinski definition) is 4. The molecule has 0 radical (unpaired) electrons. The number of anilines is 1. The van der Waals surface area contributed by atoms with Crippen LogP contribution >= 0.6 is 11.3 Å². The number of aryl methyl sites for hydroxylation is 1. The van der Waals surface area contributed by atoms with Crippen molar-refractivity contribution in [3.05, 3.63) is 16.0 Å². The number of nitrogens with two attached hydrogens (primary N) is 1. The van der Waals surface area contributed by atoms with Gasteiger partial charge in [-0.05, 0) is 31.2 Å². The van der Waals surface area contributed by atoms with Gasteiger partial charge in [-0.1, -0.05) is 13.3 Å². The predicted molar refractivity (Wildman–Crippen MR) is 77.2 cm³/mol. The lowest BCUT2D eigenvalue weighted by atomic mass is 10.1. The van der Waals surface area contributed by atoms with Crippen LogP contribution < -0.4 is 10.5 Å². The maximum Gasteiger partial charge on any atom is 0.252 e. The zero-order chi connectivity index (χ0) is 14.0. The van der Waals surface area contributed by atoms with E-state index >= 15 is 0 Å². The van der Waals surface area contributed by atoms with Crippen molar-refractivity contribution in [2.45, 2.75) is 39.0 Å². The Kier molecular flexibility index (Phi) is 4.15. The lowest BCUT2D eigenvalue weighted by molar-refractivity contribution is 0.100. The molecule has 1 aliphatic rings. The molecule has 0 atom stereocenters. The highest BCUT2D eigenvalue weighted by Crippen LogP contribution is 2.39. The van der Waals surface area contributed by atoms with Gasteiger partial charge in [0.05, 0.1) is 11.3 Å². The van der Waals surface area contributed by atoms with E-state index in [4.69, 9.17) is 5.73 Å². The minimum atomic E-state index is -3.39. The number of sulfonamides is 1. The van der Waals surface area contributed by atoms with Crippen LogP contribution in [-0.2, 0) is 22.9 Å². The summed E-state index contributed by atoms with van der Waals surface area (Å²) in [6, 6.07) is 0. The van der Waals surface area contributed by atoms with Crippen LogP contribution in [0.3, 0.4) is 0 Å². The molecule has 0 aliphatic heterocycles. The zero-order valence-corrected chi connectivity index (χ0v) is 12.5. The number of thiophene rings is 1. The number of nitrogens with one attached hydrogen (secondary N) is 1. The van der Waals surface area contributed by atoms with E-state index in [-0.39, 0.29) is 5.75 Å². The highest BCUT2D eigenvalue weighted by Gasteiger charge is 2.27. The third-order valence-electron chi connectivity index (χ3n) is 3.18. The van der Waals surface area contributed by atoms with E-state index in [1.807, 2.05) is 6.92 Å². The minimum Gasteiger partial charge on any atom is -0.365 e. The van der Waals surface area contributed by atoms with Crippen LogP contribution in [0.1, 0.15) is 47.0 Å². The van der Waals surface area contributed by atoms with Gasteiger partial charge in [0.1, 0.15) is 5.00 Å². The Labute approximate surface area is 117 Å². The molecular weight excluding hydrogens is 284 g/mol. The smallest absolute Gasteiger partial charge is 0.252 e. The van der Waals surface area contributed by atoms with Crippen molar-refractivity contribution in [3.8, 4) is 0 Å². The molecule has 3 N–H and O–H groups in total. The maximum absolute atomic E-state index is 11.9. The molecule has 1 aromatic heterocycles. The SMILES string of the molecule is CCCCS(=O)(=O)Nc1sc2c(c1C(N)=O)CCC2. The number of carbonyl (C=O) groups excluding carboxylic acids is 1. The molecule has 1 amide bonds. The third-order valence-corrected chi connectivity index (χ3v) is 5.86. The molecule has 0 fully saturated rings. The average molecular weight is 302 g/mol. The molecule has 0 saturated carbocycles. The molecule has 5 nitrogen and oxygen atoms in total. The van der Waals surface area contributed by atoms with E-state index in [0.717, 1.165) is 36.1 Å². The normalized spacial score (nSPS) is 14.4. The molecule has 0 bridgehead atoms. The van der Waals surface area contributed by atoms with Gasteiger partial charge >= 0.3 is 0 Å². The standard InChI is InChI=1S/C12H18N2O3S2/c1-2-3-7-19(16,17)14-12-10(11(13)15)8-5-4-6-9(8)18-12/h14H,2-7H2,1H3,(H2,13,15). The molecule has 106 valence electrons. The van der Waals surface area contributed by atoms with E-state index < -0.39 is 15.9 Å². The van der Waals surface area contributed by atoms with Crippen LogP contribution in [0.25, 0.3) is 0 Å². The summed E-state index contributed by atoms with van der Waals surface area (Å²) in [7, 11) is -3.39. The molecule has 0 unspecified atom stereocenters. The van der Waals surface area contributed by atoms with Gasteiger partial charge in [-0.2, -0.15) is 0 Å². The van der Waals surface area contributed by atoms with E-state index in [1.54, 1.807) is 0 Å². The second-order valence-electron chi connectivity index (χ2n) is 4.70. The zero-order valence-electron chi connectivity index (χ0n) is 10.9. The molecule has 7 heteroatoms. The van der Waals surface area contributed by atoms with Crippen LogP contribution in [0.2, 0.25) is 0 Å². The lowest BCUT2D eigenvalue weighted by Gasteiger charge is -2.07. The summed E-state index contributed by atoms with van der Waals surface area (Å²) in [6.45, 7) is 1.93. The van der Waals surface area contributed by atoms with Crippen molar-refractivity contribution in [2.24, 2.45) is 5.73 Å². The first-order valence-corrected chi connectivity index (χ1v) is 8.86. The minimum absolute atomic E-state index is 0.0737. The predicted octanol–water partition coefficient (Wildman–Crippen LogP) is 1.88. The topological polar surface area (TPSA) is 89.3 Å². The van der Waals surface area contributed by atoms with Crippen molar-refractivity contribution in [3.63, 3.8) is 0 Å². The number of unbranched alkanes of at least 4 members (excludes halogenated alkanes) is 1. The van der Waals surface area contributed by atoms with Crippen LogP contribution in [0.15, 0.2) is 0 Å². The highest BCUT2D eigenvalue weighted by molar-refractivity contribution is 7.92. The lowest BCUT2D eigenvalue weighted by Crippen LogP contribution is -2.20. The van der Waals surface area contributed by atoms with Crippen molar-refractivity contribution in [2.75, 3.05) is 10.5 Å². The Bertz CT molecular complexity index is 590. The molecule has 0 aromatic carbocycles. The van der Waals surface area contributed by atoms with Crippen LogP contribution in [0, 0.1) is 0 Å². The van der Waals surface area contributed by atoms with Crippen molar-refractivity contribution >= 4 is 32.3 Å². The fourth-order valence-corrected chi connectivity index (χ4v) is 5.11. The maximum atomic E-state index is 11.9. The van der Waals surface area contributed by atoms with Gasteiger partial charge in [-0.15, -0.1) is 11.3 Å². The van der Waals surface area contributed by atoms with Gasteiger partial charge in [0.2, 0.25) is 10.0 Å². The molecule has 0 spiro atoms. The Morgan fingerprint density at radius 2 is 2.16 bits per heavy atom. The largest absolute Gasteiger partial charge is 0.365 e. The molecular formula is C12H18N2O3S2. The summed E-state index contributed by atoms with van der Waals surface area (Å²) in [4.78, 5) is 12.6. The van der Waals surface area contributed by atoms with Crippen LogP contribution in [-0.4, -0.2) is 20.1 Å². The number of primary amides is 1. The fraction of sp³-hybridized carbons (Fsp3) is 0.583. The van der Waals surface area contributed by atoms with Gasteiger partial charge in [0.25, 0.3) is 5.91 Å². The molecule has 19 heavy (non-hydrogen) atoms. The number of fused-ring (bicyclic) bond motifs is 1. The van der Waals surface area contributed by atoms with E-state index in [9.17, 15) is 13.2 Å². The number of hydrogen-bond donors (Lipinski definition) is 2. The summed E-state index contributed by atoms with van der Waals surface area (Å²) in [5.74, 6) is -0.475. The van der Waals surface area contributed by atoms with Gasteiger partial charge in [-0.25, -0.2) is 8.42 Å². The summed E-state index contributed by atoms with van der Waals surface area (Å²) in [5.41, 5.74) is 6.69.